The lowest BCUT2D eigenvalue weighted by molar-refractivity contribution is 0.116. The molecule has 0 fully saturated rings. The second kappa shape index (κ2) is 9.32. The van der Waals surface area contributed by atoms with Gasteiger partial charge in [0.15, 0.2) is 0 Å². The third-order valence-corrected chi connectivity index (χ3v) is 4.20. The molecule has 0 amide bonds. The average molecular weight is 439 g/mol. The molecule has 0 saturated carbocycles. The van der Waals surface area contributed by atoms with Crippen LogP contribution < -0.4 is 4.74 Å². The predicted molar refractivity (Wildman–Crippen MR) is 108 cm³/mol. The molecule has 6 nitrogen and oxygen atoms in total. The number of aromatic nitrogens is 4. The van der Waals surface area contributed by atoms with Crippen molar-refractivity contribution in [2.45, 2.75) is 13.0 Å². The maximum atomic E-state index is 12.6. The molecule has 4 aromatic rings. The van der Waals surface area contributed by atoms with E-state index in [0.29, 0.717) is 22.2 Å². The minimum Gasteiger partial charge on any atom is -0.487 e. The van der Waals surface area contributed by atoms with Crippen LogP contribution in [0.25, 0.3) is 11.5 Å². The van der Waals surface area contributed by atoms with Crippen LogP contribution in [0.3, 0.4) is 0 Å². The van der Waals surface area contributed by atoms with Crippen molar-refractivity contribution >= 4 is 11.6 Å². The van der Waals surface area contributed by atoms with Crippen LogP contribution in [0.1, 0.15) is 29.1 Å². The van der Waals surface area contributed by atoms with Crippen molar-refractivity contribution in [3.8, 4) is 29.0 Å². The molecule has 0 radical (unpaired) electrons. The number of hydrogen-bond donors (Lipinski definition) is 0. The van der Waals surface area contributed by atoms with Crippen molar-refractivity contribution in [2.24, 2.45) is 0 Å². The van der Waals surface area contributed by atoms with E-state index in [2.05, 4.69) is 32.0 Å². The molecule has 0 aliphatic heterocycles. The molecule has 31 heavy (non-hydrogen) atoms. The van der Waals surface area contributed by atoms with Gasteiger partial charge in [-0.1, -0.05) is 29.5 Å². The summed E-state index contributed by atoms with van der Waals surface area (Å²) in [6, 6.07) is 14.1. The summed E-state index contributed by atoms with van der Waals surface area (Å²) in [5.41, 5.74) is 2.62. The van der Waals surface area contributed by atoms with E-state index < -0.39 is 12.3 Å². The molecule has 3 heterocycles. The van der Waals surface area contributed by atoms with Gasteiger partial charge in [-0.3, -0.25) is 4.98 Å². The van der Waals surface area contributed by atoms with Crippen LogP contribution in [0, 0.1) is 11.8 Å². The summed E-state index contributed by atoms with van der Waals surface area (Å²) in [6.45, 7) is 0.212. The van der Waals surface area contributed by atoms with Gasteiger partial charge in [0.2, 0.25) is 5.89 Å². The number of nitrogens with zero attached hydrogens (tertiary/aromatic N) is 4. The van der Waals surface area contributed by atoms with E-state index in [1.807, 2.05) is 24.3 Å². The second-order valence-electron chi connectivity index (χ2n) is 6.22. The Balaban J connectivity index is 1.40. The first kappa shape index (κ1) is 20.4. The van der Waals surface area contributed by atoms with Crippen molar-refractivity contribution in [1.29, 1.82) is 0 Å². The van der Waals surface area contributed by atoms with Crippen LogP contribution in [0.2, 0.25) is 5.15 Å². The van der Waals surface area contributed by atoms with E-state index in [0.717, 1.165) is 11.1 Å². The number of alkyl halides is 2. The highest BCUT2D eigenvalue weighted by molar-refractivity contribution is 6.29. The third kappa shape index (κ3) is 5.41. The van der Waals surface area contributed by atoms with Crippen LogP contribution in [0.15, 0.2) is 65.3 Å². The molecule has 9 heteroatoms. The molecule has 0 spiro atoms. The highest BCUT2D eigenvalue weighted by Gasteiger charge is 2.17. The van der Waals surface area contributed by atoms with Crippen molar-refractivity contribution < 1.29 is 17.9 Å². The van der Waals surface area contributed by atoms with E-state index in [9.17, 15) is 8.78 Å². The molecule has 0 bridgehead atoms. The van der Waals surface area contributed by atoms with Gasteiger partial charge in [-0.15, -0.1) is 10.2 Å². The van der Waals surface area contributed by atoms with Crippen LogP contribution >= 0.6 is 11.6 Å². The van der Waals surface area contributed by atoms with Crippen LogP contribution in [-0.4, -0.2) is 20.2 Å². The summed E-state index contributed by atoms with van der Waals surface area (Å²) in [7, 11) is 0. The third-order valence-electron chi connectivity index (χ3n) is 4.00. The Morgan fingerprint density at radius 3 is 2.55 bits per heavy atom. The number of hydrogen-bond acceptors (Lipinski definition) is 6. The van der Waals surface area contributed by atoms with E-state index in [1.54, 1.807) is 30.5 Å². The molecule has 0 atom stereocenters. The monoisotopic (exact) mass is 438 g/mol. The molecule has 0 unspecified atom stereocenters. The summed E-state index contributed by atoms with van der Waals surface area (Å²) in [5.74, 6) is 5.96. The van der Waals surface area contributed by atoms with Crippen LogP contribution in [-0.2, 0) is 6.61 Å². The SMILES string of the molecule is FC(F)c1nnc(-c2ccc(COc3cccc(C#Cc4ccnc(Cl)c4)c3)nc2)o1. The fourth-order valence-electron chi connectivity index (χ4n) is 2.52. The molecular weight excluding hydrogens is 426 g/mol. The standard InChI is InChI=1S/C22H13ClF2N4O2/c23-19-11-15(8-9-26-19)5-4-14-2-1-3-18(10-14)30-13-17-7-6-16(12-27-17)21-28-29-22(31-21)20(24)25/h1-3,6-12,20H,13H2. The first-order valence-electron chi connectivity index (χ1n) is 9.00. The van der Waals surface area contributed by atoms with Gasteiger partial charge < -0.3 is 9.15 Å². The summed E-state index contributed by atoms with van der Waals surface area (Å²) < 4.78 is 35.8. The molecular formula is C22H13ClF2N4O2. The quantitative estimate of drug-likeness (QED) is 0.319. The van der Waals surface area contributed by atoms with E-state index in [4.69, 9.17) is 20.8 Å². The molecule has 0 aliphatic rings. The van der Waals surface area contributed by atoms with Crippen LogP contribution in [0.4, 0.5) is 8.78 Å². The zero-order valence-corrected chi connectivity index (χ0v) is 16.6. The Kier molecular flexibility index (Phi) is 6.15. The van der Waals surface area contributed by atoms with Crippen molar-refractivity contribution in [2.75, 3.05) is 0 Å². The Morgan fingerprint density at radius 1 is 1.00 bits per heavy atom. The largest absolute Gasteiger partial charge is 0.487 e. The van der Waals surface area contributed by atoms with Crippen molar-refractivity contribution in [3.05, 3.63) is 88.8 Å². The fourth-order valence-corrected chi connectivity index (χ4v) is 2.70. The van der Waals surface area contributed by atoms with Gasteiger partial charge in [-0.25, -0.2) is 4.98 Å². The first-order valence-corrected chi connectivity index (χ1v) is 9.38. The Labute approximate surface area is 180 Å². The molecule has 4 rings (SSSR count). The number of ether oxygens (including phenoxy) is 1. The zero-order chi connectivity index (χ0) is 21.6. The van der Waals surface area contributed by atoms with Gasteiger partial charge in [0.05, 0.1) is 11.3 Å². The lowest BCUT2D eigenvalue weighted by Crippen LogP contribution is -1.98. The number of pyridine rings is 2. The number of benzene rings is 1. The van der Waals surface area contributed by atoms with Gasteiger partial charge in [0.25, 0.3) is 5.89 Å². The molecule has 154 valence electrons. The maximum Gasteiger partial charge on any atom is 0.314 e. The highest BCUT2D eigenvalue weighted by Crippen LogP contribution is 2.23. The molecule has 3 aromatic heterocycles. The zero-order valence-electron chi connectivity index (χ0n) is 15.8. The van der Waals surface area contributed by atoms with Crippen molar-refractivity contribution in [1.82, 2.24) is 20.2 Å². The van der Waals surface area contributed by atoms with Gasteiger partial charge in [0.1, 0.15) is 17.5 Å². The fraction of sp³-hybridized carbons (Fsp3) is 0.0909. The number of halogens is 3. The molecule has 0 saturated heterocycles. The lowest BCUT2D eigenvalue weighted by atomic mass is 10.2. The van der Waals surface area contributed by atoms with Gasteiger partial charge >= 0.3 is 6.43 Å². The predicted octanol–water partition coefficient (Wildman–Crippen LogP) is 5.10. The minimum atomic E-state index is -2.81. The Morgan fingerprint density at radius 2 is 1.84 bits per heavy atom. The molecule has 1 aromatic carbocycles. The minimum absolute atomic E-state index is 0.0166. The lowest BCUT2D eigenvalue weighted by Gasteiger charge is -2.06. The van der Waals surface area contributed by atoms with Gasteiger partial charge in [-0.05, 0) is 42.5 Å². The second-order valence-corrected chi connectivity index (χ2v) is 6.61. The van der Waals surface area contributed by atoms with E-state index >= 15 is 0 Å². The van der Waals surface area contributed by atoms with E-state index in [1.165, 1.54) is 6.20 Å². The smallest absolute Gasteiger partial charge is 0.314 e. The summed E-state index contributed by atoms with van der Waals surface area (Å²) in [4.78, 5) is 8.17. The van der Waals surface area contributed by atoms with Crippen LogP contribution in [0.5, 0.6) is 5.75 Å². The Hall–Kier alpha value is -3.83. The topological polar surface area (TPSA) is 73.9 Å². The number of rotatable bonds is 5. The highest BCUT2D eigenvalue weighted by atomic mass is 35.5. The summed E-state index contributed by atoms with van der Waals surface area (Å²) in [6.07, 6.45) is 0.244. The summed E-state index contributed by atoms with van der Waals surface area (Å²) in [5, 5.41) is 7.28. The summed E-state index contributed by atoms with van der Waals surface area (Å²) >= 11 is 5.86. The van der Waals surface area contributed by atoms with Crippen molar-refractivity contribution in [3.63, 3.8) is 0 Å². The van der Waals surface area contributed by atoms with Gasteiger partial charge in [0, 0.05) is 23.5 Å². The van der Waals surface area contributed by atoms with E-state index in [-0.39, 0.29) is 12.5 Å². The molecule has 0 N–H and O–H groups in total. The Bertz CT molecular complexity index is 1250. The molecule has 0 aliphatic carbocycles. The first-order chi connectivity index (χ1) is 15.1. The average Bonchev–Trinajstić information content (AvgIpc) is 3.28. The van der Waals surface area contributed by atoms with Gasteiger partial charge in [-0.2, -0.15) is 8.78 Å². The normalized spacial score (nSPS) is 10.6. The maximum absolute atomic E-state index is 12.6.